The first-order valence-corrected chi connectivity index (χ1v) is 19.4. The Balaban J connectivity index is 0.000000476. The van der Waals surface area contributed by atoms with Crippen LogP contribution in [0, 0.1) is 58.8 Å². The normalized spacial score (nSPS) is 31.4. The molecule has 2 aromatic carbocycles. The summed E-state index contributed by atoms with van der Waals surface area (Å²) in [4.78, 5) is 0. The first-order valence-electron chi connectivity index (χ1n) is 19.4. The van der Waals surface area contributed by atoms with E-state index in [1.807, 2.05) is 0 Å². The molecule has 47 heavy (non-hydrogen) atoms. The smallest absolute Gasteiger partial charge is 0.159 e. The summed E-state index contributed by atoms with van der Waals surface area (Å²) in [6, 6.07) is 8.92. The average Bonchev–Trinajstić information content (AvgIpc) is 3.11. The van der Waals surface area contributed by atoms with Gasteiger partial charge in [0, 0.05) is 5.71 Å². The fourth-order valence-corrected chi connectivity index (χ4v) is 9.86. The van der Waals surface area contributed by atoms with Crippen LogP contribution in [-0.2, 0) is 0 Å². The van der Waals surface area contributed by atoms with Crippen LogP contribution in [0.1, 0.15) is 164 Å². The standard InChI is InChI=1S/C23H34F2.C20H26F2.4H2/c1-2-3-4-5-17-6-8-18(9-7-17)19-10-12-20(13-11-19)21-14-15-22(24)23(25)16-21;1-2-14-3-5-15(6-4-14)16-7-9-17(10-8-16)18-11-12-19(21)20(22)13-18;;;;/h14-20H,2-13H2,1H3;2,11-17H,1,3-10H2;4*1H. The van der Waals surface area contributed by atoms with Crippen molar-refractivity contribution in [1.29, 1.82) is 0 Å². The lowest BCUT2D eigenvalue weighted by atomic mass is 9.68. The number of hydrogen-bond acceptors (Lipinski definition) is 0. The highest BCUT2D eigenvalue weighted by Gasteiger charge is 2.32. The molecular formula is C43H68F4. The van der Waals surface area contributed by atoms with Gasteiger partial charge in [-0.3, -0.25) is 0 Å². The van der Waals surface area contributed by atoms with Crippen LogP contribution in [0.2, 0.25) is 0 Å². The van der Waals surface area contributed by atoms with Crippen molar-refractivity contribution in [3.8, 4) is 0 Å². The molecule has 0 radical (unpaired) electrons. The third-order valence-electron chi connectivity index (χ3n) is 13.0. The fraction of sp³-hybridized carbons (Fsp3) is 0.674. The zero-order chi connectivity index (χ0) is 33.2. The van der Waals surface area contributed by atoms with E-state index < -0.39 is 23.3 Å². The minimum absolute atomic E-state index is 0. The largest absolute Gasteiger partial charge is 0.204 e. The SMILES string of the molecule is C=CC1CCC(C2CCC(c3ccc(F)c(F)c3)CC2)CC1.CCCCCC1CCC(C2CCC(c3ccc(F)c(F)c3)CC2)CC1.[HH].[HH].[HH].[HH]. The lowest BCUT2D eigenvalue weighted by Crippen LogP contribution is -2.25. The van der Waals surface area contributed by atoms with E-state index in [0.717, 1.165) is 72.3 Å². The molecule has 0 amide bonds. The van der Waals surface area contributed by atoms with Crippen LogP contribution in [0.5, 0.6) is 0 Å². The fourth-order valence-electron chi connectivity index (χ4n) is 9.86. The first-order chi connectivity index (χ1) is 22.8. The van der Waals surface area contributed by atoms with Gasteiger partial charge in [0.1, 0.15) is 0 Å². The number of rotatable bonds is 9. The predicted octanol–water partition coefficient (Wildman–Crippen LogP) is 14.8. The van der Waals surface area contributed by atoms with Crippen molar-refractivity contribution in [1.82, 2.24) is 0 Å². The maximum atomic E-state index is 13.5. The van der Waals surface area contributed by atoms with Crippen molar-refractivity contribution >= 4 is 0 Å². The molecular weight excluding hydrogens is 592 g/mol. The first kappa shape index (κ1) is 36.2. The maximum Gasteiger partial charge on any atom is 0.159 e. The Labute approximate surface area is 289 Å². The van der Waals surface area contributed by atoms with Gasteiger partial charge in [-0.05, 0) is 173 Å². The molecule has 4 aliphatic carbocycles. The molecule has 0 bridgehead atoms. The zero-order valence-corrected chi connectivity index (χ0v) is 29.0. The Morgan fingerprint density at radius 3 is 1.34 bits per heavy atom. The minimum Gasteiger partial charge on any atom is -0.204 e. The van der Waals surface area contributed by atoms with Crippen molar-refractivity contribution in [3.05, 3.63) is 83.4 Å². The molecule has 4 heteroatoms. The summed E-state index contributed by atoms with van der Waals surface area (Å²) < 4.78 is 53.0. The van der Waals surface area contributed by atoms with E-state index in [2.05, 4.69) is 19.6 Å². The molecule has 6 rings (SSSR count). The van der Waals surface area contributed by atoms with Crippen LogP contribution < -0.4 is 0 Å². The molecule has 0 spiro atoms. The Bertz CT molecular complexity index is 1240. The molecule has 4 aliphatic rings. The number of unbranched alkanes of at least 4 members (excludes halogenated alkanes) is 2. The summed E-state index contributed by atoms with van der Waals surface area (Å²) in [7, 11) is 0. The molecule has 4 fully saturated rings. The molecule has 0 nitrogen and oxygen atoms in total. The third-order valence-corrected chi connectivity index (χ3v) is 13.0. The van der Waals surface area contributed by atoms with Gasteiger partial charge in [-0.2, -0.15) is 0 Å². The summed E-state index contributed by atoms with van der Waals surface area (Å²) in [5.74, 6) is 3.21. The van der Waals surface area contributed by atoms with Crippen molar-refractivity contribution in [2.24, 2.45) is 35.5 Å². The van der Waals surface area contributed by atoms with Crippen molar-refractivity contribution < 1.29 is 23.3 Å². The number of halogens is 4. The zero-order valence-electron chi connectivity index (χ0n) is 29.0. The van der Waals surface area contributed by atoms with E-state index in [9.17, 15) is 17.6 Å². The monoisotopic (exact) mass is 661 g/mol. The number of benzene rings is 2. The molecule has 0 aromatic heterocycles. The second-order valence-electron chi connectivity index (χ2n) is 15.8. The lowest BCUT2D eigenvalue weighted by molar-refractivity contribution is 0.155. The van der Waals surface area contributed by atoms with Crippen molar-refractivity contribution in [2.45, 2.75) is 147 Å². The second-order valence-corrected chi connectivity index (χ2v) is 15.8. The molecule has 0 unspecified atom stereocenters. The third kappa shape index (κ3) is 10.2. The second kappa shape index (κ2) is 18.1. The van der Waals surface area contributed by atoms with Crippen LogP contribution in [-0.4, -0.2) is 0 Å². The van der Waals surface area contributed by atoms with Crippen LogP contribution in [0.4, 0.5) is 17.6 Å². The number of hydrogen-bond donors (Lipinski definition) is 0. The maximum absolute atomic E-state index is 13.5. The van der Waals surface area contributed by atoms with Gasteiger partial charge in [0.2, 0.25) is 0 Å². The molecule has 4 saturated carbocycles. The highest BCUT2D eigenvalue weighted by atomic mass is 19.2. The van der Waals surface area contributed by atoms with E-state index in [-0.39, 0.29) is 5.71 Å². The summed E-state index contributed by atoms with van der Waals surface area (Å²) in [5.41, 5.74) is 1.98. The summed E-state index contributed by atoms with van der Waals surface area (Å²) >= 11 is 0. The van der Waals surface area contributed by atoms with E-state index in [1.165, 1.54) is 127 Å². The Hall–Kier alpha value is -2.10. The van der Waals surface area contributed by atoms with E-state index in [4.69, 9.17) is 0 Å². The molecule has 0 atom stereocenters. The summed E-state index contributed by atoms with van der Waals surface area (Å²) in [6.45, 7) is 6.21. The molecule has 0 saturated heterocycles. The van der Waals surface area contributed by atoms with Gasteiger partial charge in [-0.15, -0.1) is 6.58 Å². The molecule has 0 heterocycles. The van der Waals surface area contributed by atoms with Gasteiger partial charge in [0.25, 0.3) is 0 Å². The van der Waals surface area contributed by atoms with E-state index >= 15 is 0 Å². The topological polar surface area (TPSA) is 0 Å². The van der Waals surface area contributed by atoms with Crippen LogP contribution in [0.15, 0.2) is 49.1 Å². The van der Waals surface area contributed by atoms with Crippen LogP contribution in [0.3, 0.4) is 0 Å². The molecule has 2 aromatic rings. The highest BCUT2D eigenvalue weighted by Crippen LogP contribution is 2.46. The van der Waals surface area contributed by atoms with Gasteiger partial charge in [0.05, 0.1) is 0 Å². The average molecular weight is 661 g/mol. The number of allylic oxidation sites excluding steroid dienone is 1. The van der Waals surface area contributed by atoms with Gasteiger partial charge < -0.3 is 0 Å². The van der Waals surface area contributed by atoms with Crippen LogP contribution >= 0.6 is 0 Å². The Morgan fingerprint density at radius 1 is 0.553 bits per heavy atom. The molecule has 0 aliphatic heterocycles. The van der Waals surface area contributed by atoms with Gasteiger partial charge >= 0.3 is 0 Å². The van der Waals surface area contributed by atoms with E-state index in [1.54, 1.807) is 12.1 Å². The Kier molecular flexibility index (Phi) is 13.9. The summed E-state index contributed by atoms with van der Waals surface area (Å²) in [6.07, 6.45) is 28.3. The van der Waals surface area contributed by atoms with Gasteiger partial charge in [0.15, 0.2) is 23.3 Å². The molecule has 0 N–H and O–H groups in total. The van der Waals surface area contributed by atoms with E-state index in [0.29, 0.717) is 11.8 Å². The van der Waals surface area contributed by atoms with Gasteiger partial charge in [-0.1, -0.05) is 63.7 Å². The van der Waals surface area contributed by atoms with Gasteiger partial charge in [-0.25, -0.2) is 17.6 Å². The Morgan fingerprint density at radius 2 is 0.957 bits per heavy atom. The lowest BCUT2D eigenvalue weighted by Gasteiger charge is -2.38. The quantitative estimate of drug-likeness (QED) is 0.143. The molecule has 268 valence electrons. The summed E-state index contributed by atoms with van der Waals surface area (Å²) in [5, 5.41) is 0. The minimum atomic E-state index is -0.739. The highest BCUT2D eigenvalue weighted by molar-refractivity contribution is 5.23. The van der Waals surface area contributed by atoms with Crippen molar-refractivity contribution in [2.75, 3.05) is 0 Å². The predicted molar refractivity (Wildman–Crippen MR) is 196 cm³/mol. The van der Waals surface area contributed by atoms with Crippen molar-refractivity contribution in [3.63, 3.8) is 0 Å². The van der Waals surface area contributed by atoms with Crippen LogP contribution in [0.25, 0.3) is 0 Å².